The maximum atomic E-state index is 12.1. The van der Waals surface area contributed by atoms with E-state index in [-0.39, 0.29) is 0 Å². The molecule has 2 N–H and O–H groups in total. The van der Waals surface area contributed by atoms with Crippen LogP contribution in [0.1, 0.15) is 11.1 Å². The van der Waals surface area contributed by atoms with Crippen molar-refractivity contribution in [2.75, 3.05) is 4.72 Å². The highest BCUT2D eigenvalue weighted by molar-refractivity contribution is 7.90. The number of hydrogen-bond donors (Lipinski definition) is 2. The third-order valence-corrected chi connectivity index (χ3v) is 3.60. The standard InChI is InChI=1S/C11H14N4O2S/c1-9-5-3-6-10(2)11(9)14-18(16,17)15-12-7-4-8-13-15/h3-8,12,14H,1-2H3. The minimum absolute atomic E-state index is 0.573. The topological polar surface area (TPSA) is 73.8 Å². The Kier molecular flexibility index (Phi) is 3.24. The van der Waals surface area contributed by atoms with E-state index in [2.05, 4.69) is 15.2 Å². The first kappa shape index (κ1) is 12.4. The second kappa shape index (κ2) is 4.69. The molecule has 0 atom stereocenters. The molecule has 6 nitrogen and oxygen atoms in total. The molecule has 0 amide bonds. The van der Waals surface area contributed by atoms with Crippen LogP contribution >= 0.6 is 0 Å². The van der Waals surface area contributed by atoms with Crippen molar-refractivity contribution in [3.63, 3.8) is 0 Å². The predicted octanol–water partition coefficient (Wildman–Crippen LogP) is 1.28. The van der Waals surface area contributed by atoms with Crippen LogP contribution in [0, 0.1) is 13.8 Å². The molecule has 0 saturated carbocycles. The number of anilines is 1. The Hall–Kier alpha value is -2.02. The summed E-state index contributed by atoms with van der Waals surface area (Å²) in [5.74, 6) is 0. The monoisotopic (exact) mass is 266 g/mol. The number of hydrazone groups is 1. The Morgan fingerprint density at radius 1 is 1.28 bits per heavy atom. The Labute approximate surface area is 106 Å². The SMILES string of the molecule is Cc1cccc(C)c1NS(=O)(=O)N1N=CC=CN1. The lowest BCUT2D eigenvalue weighted by molar-refractivity contribution is 0.380. The Bertz CT molecular complexity index is 587. The minimum atomic E-state index is -3.76. The quantitative estimate of drug-likeness (QED) is 0.865. The summed E-state index contributed by atoms with van der Waals surface area (Å²) in [6.45, 7) is 3.69. The van der Waals surface area contributed by atoms with Crippen molar-refractivity contribution in [2.24, 2.45) is 5.10 Å². The van der Waals surface area contributed by atoms with E-state index in [4.69, 9.17) is 0 Å². The van der Waals surface area contributed by atoms with Gasteiger partial charge in [0.25, 0.3) is 0 Å². The van der Waals surface area contributed by atoms with Crippen LogP contribution in [-0.4, -0.2) is 19.2 Å². The number of rotatable bonds is 3. The molecule has 7 heteroatoms. The summed E-state index contributed by atoms with van der Waals surface area (Å²) < 4.78 is 27.4. The van der Waals surface area contributed by atoms with Crippen LogP contribution in [0.5, 0.6) is 0 Å². The maximum absolute atomic E-state index is 12.1. The lowest BCUT2D eigenvalue weighted by atomic mass is 10.1. The van der Waals surface area contributed by atoms with Crippen LogP contribution in [0.25, 0.3) is 0 Å². The molecule has 1 aliphatic heterocycles. The van der Waals surface area contributed by atoms with E-state index in [1.54, 1.807) is 6.08 Å². The van der Waals surface area contributed by atoms with Crippen LogP contribution in [0.2, 0.25) is 0 Å². The number of aryl methyl sites for hydroxylation is 2. The van der Waals surface area contributed by atoms with Crippen molar-refractivity contribution < 1.29 is 8.42 Å². The van der Waals surface area contributed by atoms with Crippen molar-refractivity contribution in [3.8, 4) is 0 Å². The molecule has 96 valence electrons. The van der Waals surface area contributed by atoms with Crippen molar-refractivity contribution in [3.05, 3.63) is 41.6 Å². The summed E-state index contributed by atoms with van der Waals surface area (Å²) in [4.78, 5) is 0. The third kappa shape index (κ3) is 2.45. The first-order chi connectivity index (χ1) is 8.50. The molecule has 2 rings (SSSR count). The van der Waals surface area contributed by atoms with Gasteiger partial charge in [-0.3, -0.25) is 10.1 Å². The van der Waals surface area contributed by atoms with Gasteiger partial charge in [0.05, 0.1) is 11.9 Å². The molecule has 0 aliphatic carbocycles. The molecule has 0 saturated heterocycles. The highest BCUT2D eigenvalue weighted by Gasteiger charge is 2.21. The van der Waals surface area contributed by atoms with Crippen molar-refractivity contribution in [1.82, 2.24) is 9.95 Å². The number of nitrogens with one attached hydrogen (secondary N) is 2. The molecule has 0 spiro atoms. The molecule has 1 heterocycles. The highest BCUT2D eigenvalue weighted by atomic mass is 32.2. The van der Waals surface area contributed by atoms with E-state index in [0.717, 1.165) is 15.7 Å². The fraction of sp³-hybridized carbons (Fsp3) is 0.182. The van der Waals surface area contributed by atoms with Crippen LogP contribution in [0.3, 0.4) is 0 Å². The normalized spacial score (nSPS) is 14.4. The smallest absolute Gasteiger partial charge is 0.274 e. The second-order valence-electron chi connectivity index (χ2n) is 3.87. The molecule has 1 aliphatic rings. The first-order valence-electron chi connectivity index (χ1n) is 5.35. The average molecular weight is 266 g/mol. The van der Waals surface area contributed by atoms with E-state index < -0.39 is 10.2 Å². The average Bonchev–Trinajstić information content (AvgIpc) is 2.35. The Morgan fingerprint density at radius 3 is 2.50 bits per heavy atom. The van der Waals surface area contributed by atoms with Crippen LogP contribution in [0.15, 0.2) is 35.6 Å². The molecule has 0 bridgehead atoms. The van der Waals surface area contributed by atoms with Gasteiger partial charge in [-0.2, -0.15) is 8.42 Å². The first-order valence-corrected chi connectivity index (χ1v) is 6.79. The van der Waals surface area contributed by atoms with Gasteiger partial charge in [0, 0.05) is 6.20 Å². The lowest BCUT2D eigenvalue weighted by Gasteiger charge is -2.21. The zero-order valence-electron chi connectivity index (χ0n) is 10.1. The Balaban J connectivity index is 2.28. The summed E-state index contributed by atoms with van der Waals surface area (Å²) in [6.07, 6.45) is 4.47. The van der Waals surface area contributed by atoms with Crippen LogP contribution in [0.4, 0.5) is 5.69 Å². The van der Waals surface area contributed by atoms with Gasteiger partial charge in [-0.05, 0) is 31.1 Å². The lowest BCUT2D eigenvalue weighted by Crippen LogP contribution is -2.40. The zero-order valence-corrected chi connectivity index (χ0v) is 10.9. The molecular formula is C11H14N4O2S. The van der Waals surface area contributed by atoms with Crippen LogP contribution in [-0.2, 0) is 10.2 Å². The number of hydrazine groups is 1. The molecule has 0 radical (unpaired) electrons. The van der Waals surface area contributed by atoms with Gasteiger partial charge < -0.3 is 0 Å². The largest absolute Gasteiger partial charge is 0.357 e. The molecule has 0 unspecified atom stereocenters. The van der Waals surface area contributed by atoms with E-state index in [1.807, 2.05) is 32.0 Å². The molecule has 0 aromatic heterocycles. The number of para-hydroxylation sites is 1. The predicted molar refractivity (Wildman–Crippen MR) is 71.1 cm³/mol. The molecule has 1 aromatic carbocycles. The van der Waals surface area contributed by atoms with Gasteiger partial charge in [-0.25, -0.2) is 0 Å². The second-order valence-corrected chi connectivity index (χ2v) is 5.37. The maximum Gasteiger partial charge on any atom is 0.357 e. The van der Waals surface area contributed by atoms with Crippen molar-refractivity contribution in [2.45, 2.75) is 13.8 Å². The Morgan fingerprint density at radius 2 is 1.94 bits per heavy atom. The summed E-state index contributed by atoms with van der Waals surface area (Å²) in [7, 11) is -3.76. The van der Waals surface area contributed by atoms with Crippen molar-refractivity contribution in [1.29, 1.82) is 0 Å². The van der Waals surface area contributed by atoms with Gasteiger partial charge in [-0.15, -0.1) is 5.10 Å². The number of nitrogens with zero attached hydrogens (tertiary/aromatic N) is 2. The van der Waals surface area contributed by atoms with E-state index >= 15 is 0 Å². The summed E-state index contributed by atoms with van der Waals surface area (Å²) in [5, 5.41) is 3.72. The van der Waals surface area contributed by atoms with Crippen molar-refractivity contribution >= 4 is 22.1 Å². The van der Waals surface area contributed by atoms with E-state index in [1.165, 1.54) is 12.4 Å². The van der Waals surface area contributed by atoms with E-state index in [0.29, 0.717) is 5.69 Å². The summed E-state index contributed by atoms with van der Waals surface area (Å²) >= 11 is 0. The fourth-order valence-corrected chi connectivity index (χ4v) is 2.61. The van der Waals surface area contributed by atoms with Crippen LogP contribution < -0.4 is 10.1 Å². The fourth-order valence-electron chi connectivity index (χ4n) is 1.56. The number of hydrogen-bond acceptors (Lipinski definition) is 4. The minimum Gasteiger partial charge on any atom is -0.274 e. The summed E-state index contributed by atoms with van der Waals surface area (Å²) in [6, 6.07) is 5.57. The molecule has 1 aromatic rings. The van der Waals surface area contributed by atoms with E-state index in [9.17, 15) is 8.42 Å². The molecule has 18 heavy (non-hydrogen) atoms. The summed E-state index contributed by atoms with van der Waals surface area (Å²) in [5.41, 5.74) is 4.81. The van der Waals surface area contributed by atoms with Gasteiger partial charge >= 0.3 is 10.2 Å². The molecular weight excluding hydrogens is 252 g/mol. The van der Waals surface area contributed by atoms with Gasteiger partial charge in [0.2, 0.25) is 0 Å². The number of benzene rings is 1. The van der Waals surface area contributed by atoms with Gasteiger partial charge in [-0.1, -0.05) is 22.7 Å². The highest BCUT2D eigenvalue weighted by Crippen LogP contribution is 2.21. The van der Waals surface area contributed by atoms with Gasteiger partial charge in [0.1, 0.15) is 0 Å². The molecule has 0 fully saturated rings. The zero-order chi connectivity index (χ0) is 13.2. The van der Waals surface area contributed by atoms with Gasteiger partial charge in [0.15, 0.2) is 0 Å². The third-order valence-electron chi connectivity index (χ3n) is 2.48. The number of allylic oxidation sites excluding steroid dienone is 1.